The number of phosphoric ester groups is 1. The lowest BCUT2D eigenvalue weighted by atomic mass is 9.93. The number of hydrogen-bond donors (Lipinski definition) is 3. The van der Waals surface area contributed by atoms with E-state index in [1.165, 1.54) is 45.6 Å². The predicted octanol–water partition coefficient (Wildman–Crippen LogP) is 5.51. The minimum absolute atomic E-state index is 0.0229. The second-order valence-electron chi connectivity index (χ2n) is 17.8. The molecule has 2 aliphatic heterocycles. The lowest BCUT2D eigenvalue weighted by molar-refractivity contribution is -0.870. The van der Waals surface area contributed by atoms with Gasteiger partial charge in [0.05, 0.1) is 59.2 Å². The van der Waals surface area contributed by atoms with E-state index in [1.54, 1.807) is 10.8 Å². The zero-order valence-corrected chi connectivity index (χ0v) is 40.7. The van der Waals surface area contributed by atoms with Gasteiger partial charge in [-0.3, -0.25) is 18.6 Å². The molecule has 0 radical (unpaired) electrons. The molecule has 0 aromatic heterocycles. The van der Waals surface area contributed by atoms with Crippen LogP contribution in [0.4, 0.5) is 0 Å². The van der Waals surface area contributed by atoms with Crippen LogP contribution in [-0.2, 0) is 66.7 Å². The molecule has 0 saturated carbocycles. The molecule has 7 atom stereocenters. The van der Waals surface area contributed by atoms with E-state index in [0.717, 1.165) is 83.5 Å². The highest BCUT2D eigenvalue weighted by molar-refractivity contribution is 7.83. The maximum Gasteiger partial charge on any atom is 0.472 e. The zero-order chi connectivity index (χ0) is 47.5. The molecule has 2 fully saturated rings. The van der Waals surface area contributed by atoms with Gasteiger partial charge >= 0.3 is 25.7 Å². The SMILES string of the molecule is CC(=O)OCC(COP(=O)(O)OCC[N+](C)(C)C)OC(=O)/C=C/CCCCC[C@H]1O[C@@]2(CCCCCCCCCCCCCCOCC(CO)NS(=O)(=O)[O-])O[C@H]1CC[C@@H]2OC(C)=O. The average Bonchev–Trinajstić information content (AvgIpc) is 3.49. The summed E-state index contributed by atoms with van der Waals surface area (Å²) in [7, 11) is -3.33. The molecule has 3 unspecified atom stereocenters. The molecule has 0 aromatic carbocycles. The second kappa shape index (κ2) is 31.1. The summed E-state index contributed by atoms with van der Waals surface area (Å²) in [6.45, 7) is 2.12. The van der Waals surface area contributed by atoms with Crippen LogP contribution in [0, 0.1) is 0 Å². The van der Waals surface area contributed by atoms with Crippen molar-refractivity contribution in [2.45, 2.75) is 179 Å². The third-order valence-corrected chi connectivity index (χ3v) is 12.5. The monoisotopic (exact) mass is 958 g/mol. The van der Waals surface area contributed by atoms with Crippen LogP contribution in [0.3, 0.4) is 0 Å². The van der Waals surface area contributed by atoms with Crippen LogP contribution in [0.1, 0.15) is 142 Å². The average molecular weight is 959 g/mol. The van der Waals surface area contributed by atoms with Gasteiger partial charge in [-0.2, -0.15) is 0 Å². The number of carbonyl (C=O) groups is 3. The lowest BCUT2D eigenvalue weighted by Gasteiger charge is -2.38. The largest absolute Gasteiger partial charge is 0.735 e. The number of ether oxygens (including phenoxy) is 6. The number of likely N-dealkylation sites (N-methyl/N-ethyl adjacent to an activating group) is 1. The summed E-state index contributed by atoms with van der Waals surface area (Å²) in [5.41, 5.74) is 0. The second-order valence-corrected chi connectivity index (χ2v) is 20.4. The smallest absolute Gasteiger partial charge is 0.472 e. The van der Waals surface area contributed by atoms with Gasteiger partial charge in [0, 0.05) is 33.0 Å². The Kier molecular flexibility index (Phi) is 28.2. The van der Waals surface area contributed by atoms with Crippen LogP contribution < -0.4 is 4.72 Å². The van der Waals surface area contributed by atoms with Crippen LogP contribution in [-0.4, -0.2) is 149 Å². The van der Waals surface area contributed by atoms with Crippen molar-refractivity contribution >= 4 is 36.0 Å². The molecule has 2 bridgehead atoms. The highest BCUT2D eigenvalue weighted by Gasteiger charge is 2.56. The number of rotatable bonds is 38. The molecule has 374 valence electrons. The van der Waals surface area contributed by atoms with Crippen molar-refractivity contribution in [1.29, 1.82) is 0 Å². The molecule has 64 heavy (non-hydrogen) atoms. The molecule has 2 aliphatic rings. The minimum Gasteiger partial charge on any atom is -0.735 e. The van der Waals surface area contributed by atoms with E-state index in [-0.39, 0.29) is 38.0 Å². The molecule has 0 spiro atoms. The summed E-state index contributed by atoms with van der Waals surface area (Å²) in [4.78, 5) is 45.9. The van der Waals surface area contributed by atoms with E-state index in [9.17, 15) is 36.8 Å². The van der Waals surface area contributed by atoms with Crippen LogP contribution >= 0.6 is 7.82 Å². The van der Waals surface area contributed by atoms with Gasteiger partial charge in [-0.15, -0.1) is 0 Å². The predicted molar refractivity (Wildman–Crippen MR) is 235 cm³/mol. The molecule has 0 aliphatic carbocycles. The Morgan fingerprint density at radius 1 is 0.844 bits per heavy atom. The van der Waals surface area contributed by atoms with Gasteiger partial charge in [-0.05, 0) is 44.9 Å². The minimum atomic E-state index is -4.62. The first kappa shape index (κ1) is 58.1. The first-order valence-electron chi connectivity index (χ1n) is 23.1. The van der Waals surface area contributed by atoms with Gasteiger partial charge in [-0.1, -0.05) is 83.1 Å². The number of allylic oxidation sites excluding steroid dienone is 1. The van der Waals surface area contributed by atoms with Crippen molar-refractivity contribution in [3.05, 3.63) is 12.2 Å². The Morgan fingerprint density at radius 3 is 2.06 bits per heavy atom. The Hall–Kier alpha value is -2.07. The number of fused-ring (bicyclic) bond motifs is 2. The molecule has 21 heteroatoms. The van der Waals surface area contributed by atoms with Crippen LogP contribution in [0.2, 0.25) is 0 Å². The van der Waals surface area contributed by atoms with Gasteiger partial charge in [0.15, 0.2) is 22.5 Å². The van der Waals surface area contributed by atoms with Crippen molar-refractivity contribution in [2.75, 3.05) is 67.3 Å². The standard InChI is InChI=1S/C43H79N2O17PS/c1-35(47)56-33-38(34-58-63(50,51)57-30-28-45(3,4)5)60-42(49)24-20-16-14-15-19-23-39-40-25-26-41(59-36(2)48)43(61-39,62-40)27-21-17-12-10-8-6-7-9-11-13-18-22-29-55-32-37(31-46)44-64(52,53)54/h20,24,37-41,44,46H,6-19,21-23,25-34H2,1-5H3,(H-,50,51,52,53,54)/b24-20+/t37?,38?,39-,40+,41+,43+/m1/s1. The Labute approximate surface area is 381 Å². The molecule has 0 aromatic rings. The molecule has 2 heterocycles. The van der Waals surface area contributed by atoms with E-state index < -0.39 is 67.3 Å². The number of nitrogens with one attached hydrogen (secondary N) is 1. The van der Waals surface area contributed by atoms with E-state index in [4.69, 9.17) is 42.6 Å². The number of unbranched alkanes of at least 4 members (excludes halogenated alkanes) is 14. The molecule has 2 saturated heterocycles. The molecular formula is C43H79N2O17PS. The van der Waals surface area contributed by atoms with E-state index in [2.05, 4.69) is 0 Å². The first-order valence-corrected chi connectivity index (χ1v) is 26.0. The summed E-state index contributed by atoms with van der Waals surface area (Å²) in [5.74, 6) is -2.57. The number of nitrogens with zero attached hydrogens (tertiary/aromatic N) is 1. The lowest BCUT2D eigenvalue weighted by Crippen LogP contribution is -2.49. The number of phosphoric acid groups is 1. The van der Waals surface area contributed by atoms with Crippen molar-refractivity contribution in [3.63, 3.8) is 0 Å². The third kappa shape index (κ3) is 27.5. The molecule has 19 nitrogen and oxygen atoms in total. The van der Waals surface area contributed by atoms with Crippen molar-refractivity contribution < 1.29 is 83.9 Å². The number of carbonyl (C=O) groups excluding carboxylic acids is 3. The van der Waals surface area contributed by atoms with Crippen LogP contribution in [0.25, 0.3) is 0 Å². The number of aliphatic hydroxyl groups excluding tert-OH is 1. The third-order valence-electron chi connectivity index (χ3n) is 10.9. The summed E-state index contributed by atoms with van der Waals surface area (Å²) < 4.78 is 91.4. The van der Waals surface area contributed by atoms with Crippen molar-refractivity contribution in [1.82, 2.24) is 4.72 Å². The van der Waals surface area contributed by atoms with Crippen LogP contribution in [0.5, 0.6) is 0 Å². The van der Waals surface area contributed by atoms with Gasteiger partial charge in [0.25, 0.3) is 0 Å². The van der Waals surface area contributed by atoms with Crippen molar-refractivity contribution in [3.8, 4) is 0 Å². The maximum atomic E-state index is 12.5. The summed E-state index contributed by atoms with van der Waals surface area (Å²) >= 11 is 0. The fourth-order valence-corrected chi connectivity index (χ4v) is 8.82. The summed E-state index contributed by atoms with van der Waals surface area (Å²) in [6, 6.07) is -0.922. The van der Waals surface area contributed by atoms with Crippen LogP contribution in [0.15, 0.2) is 12.2 Å². The van der Waals surface area contributed by atoms with E-state index in [1.807, 2.05) is 21.1 Å². The normalized spacial score (nSPS) is 22.0. The fraction of sp³-hybridized carbons (Fsp3) is 0.884. The molecule has 2 rings (SSSR count). The number of esters is 3. The summed E-state index contributed by atoms with van der Waals surface area (Å²) in [5, 5.41) is 9.14. The fourth-order valence-electron chi connectivity index (χ4n) is 7.53. The van der Waals surface area contributed by atoms with Gasteiger partial charge in [0.1, 0.15) is 19.8 Å². The van der Waals surface area contributed by atoms with Gasteiger partial charge in [0.2, 0.25) is 5.79 Å². The number of aliphatic hydroxyl groups is 1. The number of hydrogen-bond acceptors (Lipinski definition) is 16. The molecular weight excluding hydrogens is 880 g/mol. The van der Waals surface area contributed by atoms with Gasteiger partial charge < -0.3 is 47.5 Å². The topological polar surface area (TPSA) is 252 Å². The number of quaternary nitrogens is 1. The van der Waals surface area contributed by atoms with Gasteiger partial charge in [-0.25, -0.2) is 22.5 Å². The molecule has 3 N–H and O–H groups in total. The Morgan fingerprint density at radius 2 is 1.47 bits per heavy atom. The maximum absolute atomic E-state index is 12.5. The summed E-state index contributed by atoms with van der Waals surface area (Å²) in [6.07, 6.45) is 20.5. The highest BCUT2D eigenvalue weighted by atomic mass is 32.2. The van der Waals surface area contributed by atoms with Crippen molar-refractivity contribution in [2.24, 2.45) is 0 Å². The Bertz CT molecular complexity index is 1530. The van der Waals surface area contributed by atoms with E-state index in [0.29, 0.717) is 36.9 Å². The Balaban J connectivity index is 1.63. The quantitative estimate of drug-likeness (QED) is 0.0131. The first-order chi connectivity index (χ1) is 30.2. The molecule has 0 amide bonds. The zero-order valence-electron chi connectivity index (χ0n) is 39.0. The van der Waals surface area contributed by atoms with E-state index >= 15 is 0 Å². The highest BCUT2D eigenvalue weighted by Crippen LogP contribution is 2.46.